The van der Waals surface area contributed by atoms with Gasteiger partial charge in [0.15, 0.2) is 5.78 Å². The van der Waals surface area contributed by atoms with Crippen LogP contribution in [0.5, 0.6) is 5.75 Å². The second-order valence-electron chi connectivity index (χ2n) is 5.11. The number of alkyl halides is 2. The SMILES string of the molecule is CC1(C)OC2(C(F)F)Oc3ccccc3C=C2C1=O. The summed E-state index contributed by atoms with van der Waals surface area (Å²) in [6.45, 7) is 2.93. The molecule has 0 amide bonds. The van der Waals surface area contributed by atoms with Crippen LogP contribution in [0.3, 0.4) is 0 Å². The topological polar surface area (TPSA) is 35.5 Å². The van der Waals surface area contributed by atoms with Gasteiger partial charge in [-0.25, -0.2) is 8.78 Å². The first-order chi connectivity index (χ1) is 8.87. The quantitative estimate of drug-likeness (QED) is 0.784. The van der Waals surface area contributed by atoms with Crippen LogP contribution in [-0.4, -0.2) is 23.6 Å². The molecule has 0 radical (unpaired) electrons. The third-order valence-corrected chi connectivity index (χ3v) is 3.34. The van der Waals surface area contributed by atoms with Crippen molar-refractivity contribution in [2.75, 3.05) is 0 Å². The highest BCUT2D eigenvalue weighted by molar-refractivity contribution is 6.09. The van der Waals surface area contributed by atoms with E-state index in [4.69, 9.17) is 9.47 Å². The third kappa shape index (κ3) is 1.54. The number of halogens is 2. The molecule has 1 aromatic carbocycles. The highest BCUT2D eigenvalue weighted by Gasteiger charge is 2.63. The van der Waals surface area contributed by atoms with Crippen LogP contribution in [0, 0.1) is 0 Å². The second kappa shape index (κ2) is 3.63. The monoisotopic (exact) mass is 266 g/mol. The average molecular weight is 266 g/mol. The normalized spacial score (nSPS) is 27.6. The third-order valence-electron chi connectivity index (χ3n) is 3.34. The van der Waals surface area contributed by atoms with Crippen LogP contribution in [0.25, 0.3) is 6.08 Å². The lowest BCUT2D eigenvalue weighted by Gasteiger charge is -2.33. The predicted octanol–water partition coefficient (Wildman–Crippen LogP) is 2.80. The largest absolute Gasteiger partial charge is 0.451 e. The molecule has 2 heterocycles. The summed E-state index contributed by atoms with van der Waals surface area (Å²) in [5.41, 5.74) is -0.834. The first-order valence-electron chi connectivity index (χ1n) is 5.90. The summed E-state index contributed by atoms with van der Waals surface area (Å²) in [6.07, 6.45) is -1.51. The number of benzene rings is 1. The van der Waals surface area contributed by atoms with Crippen molar-refractivity contribution in [3.63, 3.8) is 0 Å². The number of fused-ring (bicyclic) bond motifs is 2. The molecular weight excluding hydrogens is 254 g/mol. The molecule has 0 N–H and O–H groups in total. The Bertz CT molecular complexity index is 592. The Labute approximate surface area is 108 Å². The maximum atomic E-state index is 13.4. The fraction of sp³-hybridized carbons (Fsp3) is 0.357. The Balaban J connectivity index is 2.21. The molecule has 5 heteroatoms. The van der Waals surface area contributed by atoms with Crippen LogP contribution >= 0.6 is 0 Å². The van der Waals surface area contributed by atoms with E-state index >= 15 is 0 Å². The highest BCUT2D eigenvalue weighted by Crippen LogP contribution is 2.48. The van der Waals surface area contributed by atoms with Gasteiger partial charge in [0, 0.05) is 5.56 Å². The molecule has 1 aromatic rings. The number of ether oxygens (including phenoxy) is 2. The molecule has 0 saturated carbocycles. The summed E-state index contributed by atoms with van der Waals surface area (Å²) in [5.74, 6) is -2.46. The van der Waals surface area contributed by atoms with E-state index in [0.717, 1.165) is 0 Å². The Morgan fingerprint density at radius 2 is 1.89 bits per heavy atom. The van der Waals surface area contributed by atoms with Gasteiger partial charge in [0.1, 0.15) is 11.4 Å². The van der Waals surface area contributed by atoms with Crippen LogP contribution < -0.4 is 4.74 Å². The molecule has 2 aliphatic heterocycles. The molecule has 1 atom stereocenters. The molecule has 3 rings (SSSR count). The molecule has 100 valence electrons. The molecule has 0 spiro atoms. The lowest BCUT2D eigenvalue weighted by Crippen LogP contribution is -2.47. The van der Waals surface area contributed by atoms with Crippen LogP contribution in [0.2, 0.25) is 0 Å². The van der Waals surface area contributed by atoms with Crippen molar-refractivity contribution in [1.29, 1.82) is 0 Å². The summed E-state index contributed by atoms with van der Waals surface area (Å²) < 4.78 is 37.5. The maximum Gasteiger partial charge on any atom is 0.307 e. The van der Waals surface area contributed by atoms with E-state index in [1.165, 1.54) is 19.9 Å². The average Bonchev–Trinajstić information content (AvgIpc) is 2.55. The van der Waals surface area contributed by atoms with Gasteiger partial charge in [0.25, 0.3) is 0 Å². The number of rotatable bonds is 1. The highest BCUT2D eigenvalue weighted by atomic mass is 19.3. The Morgan fingerprint density at radius 3 is 2.58 bits per heavy atom. The number of carbonyl (C=O) groups excluding carboxylic acids is 1. The molecule has 2 aliphatic rings. The minimum absolute atomic E-state index is 0.119. The molecule has 1 fully saturated rings. The van der Waals surface area contributed by atoms with Crippen molar-refractivity contribution < 1.29 is 23.0 Å². The maximum absolute atomic E-state index is 13.4. The van der Waals surface area contributed by atoms with Gasteiger partial charge in [-0.1, -0.05) is 18.2 Å². The first-order valence-corrected chi connectivity index (χ1v) is 5.90. The van der Waals surface area contributed by atoms with Crippen LogP contribution in [0.1, 0.15) is 19.4 Å². The van der Waals surface area contributed by atoms with E-state index in [1.54, 1.807) is 24.3 Å². The number of ketones is 1. The fourth-order valence-corrected chi connectivity index (χ4v) is 2.42. The summed E-state index contributed by atoms with van der Waals surface area (Å²) in [4.78, 5) is 12.2. The number of para-hydroxylation sites is 1. The fourth-order valence-electron chi connectivity index (χ4n) is 2.42. The lowest BCUT2D eigenvalue weighted by atomic mass is 9.93. The molecule has 3 nitrogen and oxygen atoms in total. The van der Waals surface area contributed by atoms with Gasteiger partial charge in [0.2, 0.25) is 0 Å². The van der Waals surface area contributed by atoms with Crippen molar-refractivity contribution in [2.24, 2.45) is 0 Å². The predicted molar refractivity (Wildman–Crippen MR) is 64.0 cm³/mol. The van der Waals surface area contributed by atoms with Gasteiger partial charge in [0.05, 0.1) is 5.57 Å². The molecule has 1 saturated heterocycles. The van der Waals surface area contributed by atoms with Crippen molar-refractivity contribution in [3.05, 3.63) is 35.4 Å². The van der Waals surface area contributed by atoms with Crippen molar-refractivity contribution in [2.45, 2.75) is 31.7 Å². The van der Waals surface area contributed by atoms with Crippen molar-refractivity contribution in [3.8, 4) is 5.75 Å². The van der Waals surface area contributed by atoms with Gasteiger partial charge in [-0.05, 0) is 26.0 Å². The summed E-state index contributed by atoms with van der Waals surface area (Å²) in [5, 5.41) is 0. The van der Waals surface area contributed by atoms with Gasteiger partial charge in [-0.2, -0.15) is 0 Å². The Morgan fingerprint density at radius 1 is 1.21 bits per heavy atom. The zero-order valence-corrected chi connectivity index (χ0v) is 10.4. The van der Waals surface area contributed by atoms with Gasteiger partial charge in [-0.15, -0.1) is 0 Å². The number of Topliss-reactive ketones (excluding diaryl/α,β-unsaturated/α-hetero) is 1. The lowest BCUT2D eigenvalue weighted by molar-refractivity contribution is -0.241. The van der Waals surface area contributed by atoms with Crippen molar-refractivity contribution >= 4 is 11.9 Å². The number of hydrogen-bond donors (Lipinski definition) is 0. The van der Waals surface area contributed by atoms with Crippen LogP contribution in [0.15, 0.2) is 29.8 Å². The van der Waals surface area contributed by atoms with E-state index < -0.39 is 23.6 Å². The first kappa shape index (κ1) is 12.3. The standard InChI is InChI=1S/C14H12F2O3/c1-13(2)11(17)9-7-8-5-3-4-6-10(8)18-14(9,19-13)12(15)16/h3-7,12H,1-2H3. The number of carbonyl (C=O) groups is 1. The minimum atomic E-state index is -2.95. The molecular formula is C14H12F2O3. The Hall–Kier alpha value is -1.75. The summed E-state index contributed by atoms with van der Waals surface area (Å²) in [7, 11) is 0. The van der Waals surface area contributed by atoms with Crippen molar-refractivity contribution in [1.82, 2.24) is 0 Å². The summed E-state index contributed by atoms with van der Waals surface area (Å²) >= 11 is 0. The zero-order valence-electron chi connectivity index (χ0n) is 10.4. The van der Waals surface area contributed by atoms with E-state index in [9.17, 15) is 13.6 Å². The zero-order chi connectivity index (χ0) is 13.8. The second-order valence-corrected chi connectivity index (χ2v) is 5.11. The van der Waals surface area contributed by atoms with Gasteiger partial charge < -0.3 is 9.47 Å². The van der Waals surface area contributed by atoms with E-state index in [0.29, 0.717) is 5.56 Å². The molecule has 0 bridgehead atoms. The molecule has 0 aliphatic carbocycles. The van der Waals surface area contributed by atoms with Crippen LogP contribution in [0.4, 0.5) is 8.78 Å². The minimum Gasteiger partial charge on any atom is -0.451 e. The molecule has 1 unspecified atom stereocenters. The smallest absolute Gasteiger partial charge is 0.307 e. The van der Waals surface area contributed by atoms with E-state index in [1.807, 2.05) is 0 Å². The van der Waals surface area contributed by atoms with Gasteiger partial charge in [-0.3, -0.25) is 4.79 Å². The van der Waals surface area contributed by atoms with Crippen LogP contribution in [-0.2, 0) is 9.53 Å². The molecule has 0 aromatic heterocycles. The van der Waals surface area contributed by atoms with E-state index in [-0.39, 0.29) is 11.3 Å². The summed E-state index contributed by atoms with van der Waals surface area (Å²) in [6, 6.07) is 6.71. The molecule has 19 heavy (non-hydrogen) atoms. The Kier molecular flexibility index (Phi) is 2.35. The van der Waals surface area contributed by atoms with Gasteiger partial charge >= 0.3 is 12.2 Å². The van der Waals surface area contributed by atoms with E-state index in [2.05, 4.69) is 0 Å². The number of hydrogen-bond acceptors (Lipinski definition) is 3.